The second-order valence-electron chi connectivity index (χ2n) is 7.29. The van der Waals surface area contributed by atoms with Crippen LogP contribution in [0.2, 0.25) is 0 Å². The molecule has 23 heavy (non-hydrogen) atoms. The number of carbonyl (C=O) groups is 1. The highest BCUT2D eigenvalue weighted by Gasteiger charge is 2.14. The van der Waals surface area contributed by atoms with E-state index in [1.807, 2.05) is 0 Å². The fourth-order valence-electron chi connectivity index (χ4n) is 2.86. The molecule has 3 heteroatoms. The first-order valence-corrected chi connectivity index (χ1v) is 9.63. The number of rotatable bonds is 16. The molecule has 0 saturated heterocycles. The zero-order chi connectivity index (χ0) is 17.4. The SMILES string of the molecule is C=CC(=O)OCCC[N+](C)(C)CCCCCCCCCCCC. The van der Waals surface area contributed by atoms with Crippen molar-refractivity contribution in [2.45, 2.75) is 77.6 Å². The first kappa shape index (κ1) is 22.2. The van der Waals surface area contributed by atoms with Gasteiger partial charge in [0.05, 0.1) is 33.8 Å². The van der Waals surface area contributed by atoms with E-state index in [9.17, 15) is 4.79 Å². The number of carbonyl (C=O) groups excluding carboxylic acids is 1. The fourth-order valence-corrected chi connectivity index (χ4v) is 2.86. The van der Waals surface area contributed by atoms with Crippen molar-refractivity contribution in [3.63, 3.8) is 0 Å². The molecule has 0 aliphatic rings. The van der Waals surface area contributed by atoms with E-state index in [4.69, 9.17) is 4.74 Å². The Morgan fingerprint density at radius 1 is 0.870 bits per heavy atom. The summed E-state index contributed by atoms with van der Waals surface area (Å²) in [4.78, 5) is 11.0. The van der Waals surface area contributed by atoms with Gasteiger partial charge < -0.3 is 9.22 Å². The van der Waals surface area contributed by atoms with Crippen LogP contribution in [0.4, 0.5) is 0 Å². The predicted octanol–water partition coefficient (Wildman–Crippen LogP) is 5.10. The summed E-state index contributed by atoms with van der Waals surface area (Å²) >= 11 is 0. The van der Waals surface area contributed by atoms with Crippen molar-refractivity contribution in [1.82, 2.24) is 0 Å². The van der Waals surface area contributed by atoms with Crippen molar-refractivity contribution in [2.75, 3.05) is 33.8 Å². The van der Waals surface area contributed by atoms with Gasteiger partial charge in [-0.3, -0.25) is 0 Å². The molecule has 0 aromatic carbocycles. The van der Waals surface area contributed by atoms with E-state index < -0.39 is 0 Å². The molecule has 0 saturated carbocycles. The summed E-state index contributed by atoms with van der Waals surface area (Å²) in [5.74, 6) is -0.315. The average molecular weight is 327 g/mol. The van der Waals surface area contributed by atoms with Crippen molar-refractivity contribution >= 4 is 5.97 Å². The van der Waals surface area contributed by atoms with Crippen molar-refractivity contribution in [3.05, 3.63) is 12.7 Å². The second kappa shape index (κ2) is 14.7. The third-order valence-corrected chi connectivity index (χ3v) is 4.44. The van der Waals surface area contributed by atoms with E-state index in [1.54, 1.807) is 0 Å². The van der Waals surface area contributed by atoms with E-state index in [-0.39, 0.29) is 5.97 Å². The number of quaternary nitrogens is 1. The molecule has 0 amide bonds. The average Bonchev–Trinajstić information content (AvgIpc) is 2.53. The van der Waals surface area contributed by atoms with Gasteiger partial charge in [0.2, 0.25) is 0 Å². The molecule has 0 spiro atoms. The zero-order valence-electron chi connectivity index (χ0n) is 15.9. The molecule has 0 atom stereocenters. The first-order chi connectivity index (χ1) is 11.0. The molecule has 0 aromatic heterocycles. The summed E-state index contributed by atoms with van der Waals surface area (Å²) in [6, 6.07) is 0. The monoisotopic (exact) mass is 326 g/mol. The number of hydrogen-bond acceptors (Lipinski definition) is 2. The van der Waals surface area contributed by atoms with Crippen LogP contribution in [0.15, 0.2) is 12.7 Å². The van der Waals surface area contributed by atoms with Crippen LogP contribution < -0.4 is 0 Å². The smallest absolute Gasteiger partial charge is 0.330 e. The highest BCUT2D eigenvalue weighted by Crippen LogP contribution is 2.11. The quantitative estimate of drug-likeness (QED) is 0.171. The molecule has 0 radical (unpaired) electrons. The maximum Gasteiger partial charge on any atom is 0.330 e. The molecule has 0 rings (SSSR count). The minimum Gasteiger partial charge on any atom is -0.462 e. The van der Waals surface area contributed by atoms with Crippen LogP contribution in [-0.4, -0.2) is 44.2 Å². The van der Waals surface area contributed by atoms with Gasteiger partial charge in [-0.1, -0.05) is 64.9 Å². The number of unbranched alkanes of at least 4 members (excludes halogenated alkanes) is 9. The Labute approximate surface area is 144 Å². The lowest BCUT2D eigenvalue weighted by Crippen LogP contribution is -2.41. The van der Waals surface area contributed by atoms with Gasteiger partial charge in [0.15, 0.2) is 0 Å². The summed E-state index contributed by atoms with van der Waals surface area (Å²) in [5, 5.41) is 0. The van der Waals surface area contributed by atoms with E-state index in [0.717, 1.165) is 17.4 Å². The lowest BCUT2D eigenvalue weighted by Gasteiger charge is -2.29. The Kier molecular flexibility index (Phi) is 14.2. The molecule has 3 nitrogen and oxygen atoms in total. The molecule has 0 heterocycles. The molecule has 0 N–H and O–H groups in total. The van der Waals surface area contributed by atoms with Crippen LogP contribution in [-0.2, 0) is 9.53 Å². The number of esters is 1. The zero-order valence-corrected chi connectivity index (χ0v) is 15.9. The Morgan fingerprint density at radius 3 is 1.87 bits per heavy atom. The van der Waals surface area contributed by atoms with Gasteiger partial charge in [-0.15, -0.1) is 0 Å². The van der Waals surface area contributed by atoms with Gasteiger partial charge in [0.1, 0.15) is 0 Å². The molecular weight excluding hydrogens is 286 g/mol. The van der Waals surface area contributed by atoms with Crippen molar-refractivity contribution in [1.29, 1.82) is 0 Å². The predicted molar refractivity (Wildman–Crippen MR) is 99.5 cm³/mol. The normalized spacial score (nSPS) is 11.4. The molecule has 0 fully saturated rings. The first-order valence-electron chi connectivity index (χ1n) is 9.63. The summed E-state index contributed by atoms with van der Waals surface area (Å²) in [6.07, 6.45) is 16.0. The molecular formula is C20H40NO2+. The summed E-state index contributed by atoms with van der Waals surface area (Å²) < 4.78 is 6.04. The van der Waals surface area contributed by atoms with Crippen molar-refractivity contribution in [3.8, 4) is 0 Å². The highest BCUT2D eigenvalue weighted by molar-refractivity contribution is 5.81. The van der Waals surface area contributed by atoms with Gasteiger partial charge in [-0.2, -0.15) is 0 Å². The summed E-state index contributed by atoms with van der Waals surface area (Å²) in [7, 11) is 4.53. The molecule has 0 unspecified atom stereocenters. The summed E-state index contributed by atoms with van der Waals surface area (Å²) in [6.45, 7) is 8.45. The molecule has 0 aliphatic heterocycles. The maximum absolute atomic E-state index is 11.0. The largest absolute Gasteiger partial charge is 0.462 e. The van der Waals surface area contributed by atoms with E-state index in [2.05, 4.69) is 27.6 Å². The van der Waals surface area contributed by atoms with Gasteiger partial charge in [-0.05, 0) is 12.8 Å². The van der Waals surface area contributed by atoms with Crippen LogP contribution in [0.5, 0.6) is 0 Å². The van der Waals surface area contributed by atoms with Gasteiger partial charge in [-0.25, -0.2) is 4.79 Å². The van der Waals surface area contributed by atoms with Crippen LogP contribution in [0, 0.1) is 0 Å². The van der Waals surface area contributed by atoms with Crippen molar-refractivity contribution < 1.29 is 14.0 Å². The number of nitrogens with zero attached hydrogens (tertiary/aromatic N) is 1. The second-order valence-corrected chi connectivity index (χ2v) is 7.29. The van der Waals surface area contributed by atoms with Gasteiger partial charge in [0.25, 0.3) is 0 Å². The lowest BCUT2D eigenvalue weighted by molar-refractivity contribution is -0.890. The van der Waals surface area contributed by atoms with Gasteiger partial charge >= 0.3 is 5.97 Å². The molecule has 0 aliphatic carbocycles. The van der Waals surface area contributed by atoms with E-state index in [1.165, 1.54) is 76.8 Å². The lowest BCUT2D eigenvalue weighted by atomic mass is 10.1. The topological polar surface area (TPSA) is 26.3 Å². The Balaban J connectivity index is 3.41. The van der Waals surface area contributed by atoms with Crippen molar-refractivity contribution in [2.24, 2.45) is 0 Å². The standard InChI is InChI=1S/C20H40NO2/c1-5-7-8-9-10-11-12-13-14-15-17-21(3,4)18-16-19-23-20(22)6-2/h6H,2,5,7-19H2,1,3-4H3/q+1. The number of hydrogen-bond donors (Lipinski definition) is 0. The van der Waals surface area contributed by atoms with Crippen LogP contribution in [0.1, 0.15) is 77.6 Å². The summed E-state index contributed by atoms with van der Waals surface area (Å²) in [5.41, 5.74) is 0. The van der Waals surface area contributed by atoms with Crippen LogP contribution >= 0.6 is 0 Å². The Bertz CT molecular complexity index is 300. The van der Waals surface area contributed by atoms with Crippen LogP contribution in [0.3, 0.4) is 0 Å². The van der Waals surface area contributed by atoms with E-state index >= 15 is 0 Å². The highest BCUT2D eigenvalue weighted by atomic mass is 16.5. The molecule has 0 aromatic rings. The van der Waals surface area contributed by atoms with Gasteiger partial charge in [0, 0.05) is 12.5 Å². The number of ether oxygens (including phenoxy) is 1. The Morgan fingerprint density at radius 2 is 1.35 bits per heavy atom. The molecule has 0 bridgehead atoms. The fraction of sp³-hybridized carbons (Fsp3) is 0.850. The third kappa shape index (κ3) is 15.8. The third-order valence-electron chi connectivity index (χ3n) is 4.44. The van der Waals surface area contributed by atoms with E-state index in [0.29, 0.717) is 6.61 Å². The Hall–Kier alpha value is -0.830. The molecule has 136 valence electrons. The maximum atomic E-state index is 11.0. The minimum atomic E-state index is -0.315. The van der Waals surface area contributed by atoms with Crippen LogP contribution in [0.25, 0.3) is 0 Å². The minimum absolute atomic E-state index is 0.315.